The summed E-state index contributed by atoms with van der Waals surface area (Å²) in [5, 5.41) is 15.1. The maximum atomic E-state index is 12.5. The van der Waals surface area contributed by atoms with E-state index in [1.165, 1.54) is 0 Å². The predicted octanol–water partition coefficient (Wildman–Crippen LogP) is 2.29. The van der Waals surface area contributed by atoms with Gasteiger partial charge in [0.2, 0.25) is 5.91 Å². The van der Waals surface area contributed by atoms with Crippen LogP contribution in [0.25, 0.3) is 0 Å². The third kappa shape index (κ3) is 4.61. The molecule has 1 N–H and O–H groups in total. The first kappa shape index (κ1) is 19.9. The third-order valence-corrected chi connectivity index (χ3v) is 5.36. The van der Waals surface area contributed by atoms with Gasteiger partial charge in [0.15, 0.2) is 0 Å². The monoisotopic (exact) mass is 411 g/mol. The SMILES string of the molecule is COc1cccc(OCCc2cc([C@H]3CCN(C(=O)Cc4nonc4C)C3)n[nH]2)c1. The zero-order valence-corrected chi connectivity index (χ0v) is 17.1. The molecule has 1 aromatic carbocycles. The molecule has 0 unspecified atom stereocenters. The number of hydrogen-bond acceptors (Lipinski definition) is 7. The van der Waals surface area contributed by atoms with E-state index in [0.29, 0.717) is 24.5 Å². The van der Waals surface area contributed by atoms with Crippen LogP contribution >= 0.6 is 0 Å². The summed E-state index contributed by atoms with van der Waals surface area (Å²) in [5.74, 6) is 1.82. The highest BCUT2D eigenvalue weighted by atomic mass is 16.6. The van der Waals surface area contributed by atoms with E-state index in [0.717, 1.165) is 42.3 Å². The minimum atomic E-state index is 0.0405. The Morgan fingerprint density at radius 2 is 2.17 bits per heavy atom. The van der Waals surface area contributed by atoms with Gasteiger partial charge in [0.1, 0.15) is 22.9 Å². The molecule has 0 aliphatic carbocycles. The van der Waals surface area contributed by atoms with Crippen LogP contribution in [0, 0.1) is 6.92 Å². The van der Waals surface area contributed by atoms with E-state index in [-0.39, 0.29) is 18.2 Å². The van der Waals surface area contributed by atoms with Crippen molar-refractivity contribution in [2.75, 3.05) is 26.8 Å². The van der Waals surface area contributed by atoms with E-state index in [9.17, 15) is 4.79 Å². The number of carbonyl (C=O) groups is 1. The number of aryl methyl sites for hydroxylation is 1. The molecule has 0 saturated carbocycles. The number of likely N-dealkylation sites (tertiary alicyclic amines) is 1. The molecular formula is C21H25N5O4. The van der Waals surface area contributed by atoms with Gasteiger partial charge < -0.3 is 14.4 Å². The molecule has 3 heterocycles. The summed E-state index contributed by atoms with van der Waals surface area (Å²) >= 11 is 0. The van der Waals surface area contributed by atoms with Gasteiger partial charge in [-0.25, -0.2) is 4.63 Å². The van der Waals surface area contributed by atoms with Crippen LogP contribution in [0.15, 0.2) is 35.0 Å². The van der Waals surface area contributed by atoms with Gasteiger partial charge in [-0.05, 0) is 31.5 Å². The molecule has 9 nitrogen and oxygen atoms in total. The van der Waals surface area contributed by atoms with Crippen LogP contribution < -0.4 is 9.47 Å². The summed E-state index contributed by atoms with van der Waals surface area (Å²) in [4.78, 5) is 14.4. The first-order valence-corrected chi connectivity index (χ1v) is 9.99. The number of rotatable bonds is 8. The number of carbonyl (C=O) groups excluding carboxylic acids is 1. The van der Waals surface area contributed by atoms with Gasteiger partial charge in [-0.15, -0.1) is 0 Å². The molecule has 2 aromatic heterocycles. The Morgan fingerprint density at radius 1 is 1.30 bits per heavy atom. The van der Waals surface area contributed by atoms with Crippen molar-refractivity contribution in [2.45, 2.75) is 32.1 Å². The lowest BCUT2D eigenvalue weighted by atomic mass is 10.0. The number of aromatic nitrogens is 4. The number of H-pyrrole nitrogens is 1. The topological polar surface area (TPSA) is 106 Å². The smallest absolute Gasteiger partial charge is 0.228 e. The van der Waals surface area contributed by atoms with Gasteiger partial charge in [-0.3, -0.25) is 9.89 Å². The number of nitrogens with one attached hydrogen (secondary N) is 1. The molecule has 1 atom stereocenters. The highest BCUT2D eigenvalue weighted by Gasteiger charge is 2.29. The normalized spacial score (nSPS) is 16.1. The number of hydrogen-bond donors (Lipinski definition) is 1. The number of ether oxygens (including phenoxy) is 2. The Labute approximate surface area is 174 Å². The first-order chi connectivity index (χ1) is 14.6. The van der Waals surface area contributed by atoms with Crippen LogP contribution in [0.1, 0.15) is 35.1 Å². The summed E-state index contributed by atoms with van der Waals surface area (Å²) in [5.41, 5.74) is 3.26. The summed E-state index contributed by atoms with van der Waals surface area (Å²) in [6.45, 7) is 3.70. The van der Waals surface area contributed by atoms with Crippen molar-refractivity contribution in [3.05, 3.63) is 53.1 Å². The zero-order valence-electron chi connectivity index (χ0n) is 17.1. The molecule has 1 saturated heterocycles. The van der Waals surface area contributed by atoms with E-state index >= 15 is 0 Å². The minimum absolute atomic E-state index is 0.0405. The molecule has 4 rings (SSSR count). The van der Waals surface area contributed by atoms with Crippen LogP contribution in [-0.2, 0) is 17.6 Å². The van der Waals surface area contributed by atoms with Gasteiger partial charge in [-0.1, -0.05) is 16.4 Å². The minimum Gasteiger partial charge on any atom is -0.497 e. The fourth-order valence-corrected chi connectivity index (χ4v) is 3.58. The Hall–Kier alpha value is -3.36. The molecule has 9 heteroatoms. The molecule has 0 bridgehead atoms. The molecule has 30 heavy (non-hydrogen) atoms. The summed E-state index contributed by atoms with van der Waals surface area (Å²) in [7, 11) is 1.63. The van der Waals surface area contributed by atoms with Crippen LogP contribution in [0.3, 0.4) is 0 Å². The van der Waals surface area contributed by atoms with Gasteiger partial charge >= 0.3 is 0 Å². The Balaban J connectivity index is 1.26. The first-order valence-electron chi connectivity index (χ1n) is 9.99. The number of amides is 1. The van der Waals surface area contributed by atoms with Gasteiger partial charge in [0, 0.05) is 37.2 Å². The van der Waals surface area contributed by atoms with Gasteiger partial charge in [0.05, 0.1) is 25.8 Å². The maximum Gasteiger partial charge on any atom is 0.228 e. The number of aromatic amines is 1. The van der Waals surface area contributed by atoms with E-state index in [1.807, 2.05) is 29.2 Å². The van der Waals surface area contributed by atoms with Crippen molar-refractivity contribution in [2.24, 2.45) is 0 Å². The van der Waals surface area contributed by atoms with Crippen molar-refractivity contribution in [1.29, 1.82) is 0 Å². The van der Waals surface area contributed by atoms with Crippen molar-refractivity contribution >= 4 is 5.91 Å². The molecule has 158 valence electrons. The Kier molecular flexibility index (Phi) is 5.97. The summed E-state index contributed by atoms with van der Waals surface area (Å²) < 4.78 is 15.7. The van der Waals surface area contributed by atoms with Crippen molar-refractivity contribution < 1.29 is 18.9 Å². The molecule has 0 radical (unpaired) electrons. The second-order valence-electron chi connectivity index (χ2n) is 7.39. The van der Waals surface area contributed by atoms with E-state index in [1.54, 1.807) is 14.0 Å². The number of methoxy groups -OCH3 is 1. The van der Waals surface area contributed by atoms with Gasteiger partial charge in [-0.2, -0.15) is 5.10 Å². The summed E-state index contributed by atoms with van der Waals surface area (Å²) in [6, 6.07) is 9.61. The van der Waals surface area contributed by atoms with Crippen molar-refractivity contribution in [1.82, 2.24) is 25.4 Å². The zero-order chi connectivity index (χ0) is 20.9. The highest BCUT2D eigenvalue weighted by Crippen LogP contribution is 2.27. The lowest BCUT2D eigenvalue weighted by molar-refractivity contribution is -0.129. The third-order valence-electron chi connectivity index (χ3n) is 5.36. The largest absolute Gasteiger partial charge is 0.497 e. The average Bonchev–Trinajstić information content (AvgIpc) is 3.50. The molecule has 3 aromatic rings. The fraction of sp³-hybridized carbons (Fsp3) is 0.429. The van der Waals surface area contributed by atoms with Crippen molar-refractivity contribution in [3.63, 3.8) is 0 Å². The Morgan fingerprint density at radius 3 is 2.97 bits per heavy atom. The van der Waals surface area contributed by atoms with E-state index in [2.05, 4.69) is 31.2 Å². The molecule has 1 aliphatic heterocycles. The average molecular weight is 411 g/mol. The number of benzene rings is 1. The predicted molar refractivity (Wildman–Crippen MR) is 107 cm³/mol. The van der Waals surface area contributed by atoms with Gasteiger partial charge in [0.25, 0.3) is 0 Å². The standard InChI is InChI=1S/C21H25N5O4/c1-14-19(25-30-24-14)12-21(27)26-8-6-15(13-26)20-10-16(22-23-20)7-9-29-18-5-3-4-17(11-18)28-2/h3-5,10-11,15H,6-9,12-13H2,1-2H3,(H,22,23)/t15-/m0/s1. The molecule has 1 fully saturated rings. The second-order valence-corrected chi connectivity index (χ2v) is 7.39. The molecular weight excluding hydrogens is 386 g/mol. The molecule has 1 amide bonds. The highest BCUT2D eigenvalue weighted by molar-refractivity contribution is 5.78. The second kappa shape index (κ2) is 8.98. The van der Waals surface area contributed by atoms with E-state index in [4.69, 9.17) is 9.47 Å². The lowest BCUT2D eigenvalue weighted by Gasteiger charge is -2.15. The summed E-state index contributed by atoms with van der Waals surface area (Å²) in [6.07, 6.45) is 1.83. The lowest BCUT2D eigenvalue weighted by Crippen LogP contribution is -2.30. The van der Waals surface area contributed by atoms with Crippen molar-refractivity contribution in [3.8, 4) is 11.5 Å². The van der Waals surface area contributed by atoms with Crippen LogP contribution in [0.5, 0.6) is 11.5 Å². The van der Waals surface area contributed by atoms with Crippen LogP contribution in [-0.4, -0.2) is 58.1 Å². The van der Waals surface area contributed by atoms with Crippen LogP contribution in [0.2, 0.25) is 0 Å². The quantitative estimate of drug-likeness (QED) is 0.606. The fourth-order valence-electron chi connectivity index (χ4n) is 3.58. The Bertz CT molecular complexity index is 999. The molecule has 0 spiro atoms. The van der Waals surface area contributed by atoms with E-state index < -0.39 is 0 Å². The number of nitrogens with zero attached hydrogens (tertiary/aromatic N) is 4. The van der Waals surface area contributed by atoms with Crippen LogP contribution in [0.4, 0.5) is 0 Å². The molecule has 1 aliphatic rings. The maximum absolute atomic E-state index is 12.5.